The second kappa shape index (κ2) is 24.1. The minimum absolute atomic E-state index is 0.00815. The third kappa shape index (κ3) is 14.4. The highest BCUT2D eigenvalue weighted by Crippen LogP contribution is 2.33. The van der Waals surface area contributed by atoms with E-state index in [0.29, 0.717) is 60.7 Å². The van der Waals surface area contributed by atoms with Gasteiger partial charge in [0.25, 0.3) is 0 Å². The second-order valence-electron chi connectivity index (χ2n) is 17.1. The van der Waals surface area contributed by atoms with Gasteiger partial charge in [-0.15, -0.1) is 10.2 Å². The molecule has 7 rings (SSSR count). The largest absolute Gasteiger partial charge is 0.471 e. The van der Waals surface area contributed by atoms with Crippen LogP contribution in [0.15, 0.2) is 77.2 Å². The number of rotatable bonds is 12. The predicted octanol–water partition coefficient (Wildman–Crippen LogP) is 10.0. The van der Waals surface area contributed by atoms with Crippen molar-refractivity contribution in [3.8, 4) is 11.5 Å². The molecule has 392 valence electrons. The van der Waals surface area contributed by atoms with Gasteiger partial charge >= 0.3 is 36.2 Å². The number of anilines is 2. The third-order valence-corrected chi connectivity index (χ3v) is 13.1. The van der Waals surface area contributed by atoms with Crippen molar-refractivity contribution in [1.82, 2.24) is 35.1 Å². The summed E-state index contributed by atoms with van der Waals surface area (Å²) in [5.41, 5.74) is 2.64. The number of nitrogens with one attached hydrogen (secondary N) is 1. The molecule has 4 aromatic carbocycles. The van der Waals surface area contributed by atoms with Crippen molar-refractivity contribution < 1.29 is 58.7 Å². The first-order valence-electron chi connectivity index (χ1n) is 22.9. The molecule has 0 aliphatic carbocycles. The standard InChI is InChI=1S/C25H27ClF4N4O3.C24H24ClF4N5O2/c1-3-32-8-10-33(11-9-32)24(37)34(19-7-4-16(2)20(26)13-19)15-18-6-5-17(12-21(18)27)22(35)14-31-23(36)25(28,29)30;1-3-32-8-10-33(11-9-32)23(35)34(18-7-4-15(2)19(25)13-18)14-17-6-5-16(12-20(17)26)21-30-31-22(36-21)24(27,28)29/h4-7,12-13H,3,8-11,14-15H2,1-2H3,(H,31,36);4-7,12-13H,3,8-11,14H2,1-2H3. The Morgan fingerprint density at radius 3 is 1.51 bits per heavy atom. The van der Waals surface area contributed by atoms with E-state index in [1.165, 1.54) is 39.4 Å². The maximum atomic E-state index is 15.1. The van der Waals surface area contributed by atoms with Crippen LogP contribution in [0, 0.1) is 25.5 Å². The van der Waals surface area contributed by atoms with E-state index in [2.05, 4.69) is 31.3 Å². The van der Waals surface area contributed by atoms with Gasteiger partial charge in [-0.2, -0.15) is 26.3 Å². The summed E-state index contributed by atoms with van der Waals surface area (Å²) in [7, 11) is 0. The molecule has 3 heterocycles. The molecule has 1 aromatic heterocycles. The Kier molecular flexibility index (Phi) is 18.5. The molecule has 5 amide bonds. The summed E-state index contributed by atoms with van der Waals surface area (Å²) in [5.74, 6) is -6.68. The topological polar surface area (TPSA) is 139 Å². The summed E-state index contributed by atoms with van der Waals surface area (Å²) in [6.07, 6.45) is -9.93. The molecule has 2 aliphatic rings. The zero-order chi connectivity index (χ0) is 53.4. The van der Waals surface area contributed by atoms with Gasteiger partial charge in [-0.1, -0.05) is 67.4 Å². The Bertz CT molecular complexity index is 2780. The number of amides is 5. The summed E-state index contributed by atoms with van der Waals surface area (Å²) in [6.45, 7) is 13.2. The lowest BCUT2D eigenvalue weighted by molar-refractivity contribution is -0.173. The van der Waals surface area contributed by atoms with Crippen LogP contribution in [-0.2, 0) is 24.1 Å². The highest BCUT2D eigenvalue weighted by Gasteiger charge is 2.39. The number of benzene rings is 4. The number of carbonyl (C=O) groups excluding carboxylic acids is 4. The van der Waals surface area contributed by atoms with E-state index in [1.807, 2.05) is 20.8 Å². The average molecular weight is 1070 g/mol. The highest BCUT2D eigenvalue weighted by atomic mass is 35.5. The molecule has 0 unspecified atom stereocenters. The summed E-state index contributed by atoms with van der Waals surface area (Å²) < 4.78 is 110. The van der Waals surface area contributed by atoms with Crippen molar-refractivity contribution in [2.75, 3.05) is 81.8 Å². The zero-order valence-electron chi connectivity index (χ0n) is 40.0. The number of urea groups is 2. The minimum atomic E-state index is -5.13. The monoisotopic (exact) mass is 1070 g/mol. The lowest BCUT2D eigenvalue weighted by atomic mass is 10.1. The van der Waals surface area contributed by atoms with Gasteiger partial charge in [0.15, 0.2) is 5.78 Å². The van der Waals surface area contributed by atoms with Crippen LogP contribution < -0.4 is 15.1 Å². The van der Waals surface area contributed by atoms with Crippen LogP contribution in [-0.4, -0.2) is 132 Å². The van der Waals surface area contributed by atoms with Crippen molar-refractivity contribution in [1.29, 1.82) is 0 Å². The molecule has 0 bridgehead atoms. The zero-order valence-corrected chi connectivity index (χ0v) is 41.5. The molecule has 2 saturated heterocycles. The molecule has 0 spiro atoms. The number of carbonyl (C=O) groups is 4. The Labute approximate surface area is 425 Å². The molecular formula is C49H51Cl2F8N9O5. The van der Waals surface area contributed by atoms with Crippen molar-refractivity contribution >= 4 is 58.3 Å². The first-order valence-corrected chi connectivity index (χ1v) is 23.7. The van der Waals surface area contributed by atoms with Crippen LogP contribution in [0.1, 0.15) is 52.3 Å². The quantitative estimate of drug-likeness (QED) is 0.0956. The van der Waals surface area contributed by atoms with Crippen LogP contribution in [0.5, 0.6) is 0 Å². The molecule has 0 radical (unpaired) electrons. The smallest absolute Gasteiger partial charge is 0.413 e. The van der Waals surface area contributed by atoms with E-state index in [9.17, 15) is 45.5 Å². The van der Waals surface area contributed by atoms with E-state index in [4.69, 9.17) is 23.2 Å². The number of halogens is 10. The summed E-state index contributed by atoms with van der Waals surface area (Å²) in [6, 6.07) is 16.8. The average Bonchev–Trinajstić information content (AvgIpc) is 3.88. The van der Waals surface area contributed by atoms with Gasteiger partial charge in [0.2, 0.25) is 5.89 Å². The van der Waals surface area contributed by atoms with E-state index < -0.39 is 54.0 Å². The number of nitrogens with zero attached hydrogens (tertiary/aromatic N) is 8. The lowest BCUT2D eigenvalue weighted by Gasteiger charge is -2.37. The number of likely N-dealkylation sites (N-methyl/N-ethyl adjacent to an activating group) is 2. The van der Waals surface area contributed by atoms with Crippen LogP contribution >= 0.6 is 23.2 Å². The molecule has 0 atom stereocenters. The number of aromatic nitrogens is 2. The van der Waals surface area contributed by atoms with Gasteiger partial charge in [0.1, 0.15) is 11.6 Å². The summed E-state index contributed by atoms with van der Waals surface area (Å²) in [4.78, 5) is 60.8. The molecule has 73 heavy (non-hydrogen) atoms. The summed E-state index contributed by atoms with van der Waals surface area (Å²) >= 11 is 12.6. The Morgan fingerprint density at radius 2 is 1.11 bits per heavy atom. The maximum Gasteiger partial charge on any atom is 0.471 e. The Morgan fingerprint density at radius 1 is 0.644 bits per heavy atom. The van der Waals surface area contributed by atoms with Crippen LogP contribution in [0.25, 0.3) is 11.5 Å². The minimum Gasteiger partial charge on any atom is -0.413 e. The fraction of sp³-hybridized carbons (Fsp3) is 0.388. The predicted molar refractivity (Wildman–Crippen MR) is 257 cm³/mol. The van der Waals surface area contributed by atoms with Crippen LogP contribution in [0.4, 0.5) is 56.1 Å². The maximum absolute atomic E-state index is 15.1. The van der Waals surface area contributed by atoms with Crippen molar-refractivity contribution in [2.24, 2.45) is 0 Å². The second-order valence-corrected chi connectivity index (χ2v) is 17.9. The Balaban J connectivity index is 0.000000238. The molecule has 2 aliphatic heterocycles. The lowest BCUT2D eigenvalue weighted by Crippen LogP contribution is -2.52. The fourth-order valence-electron chi connectivity index (χ4n) is 7.71. The van der Waals surface area contributed by atoms with E-state index in [0.717, 1.165) is 49.4 Å². The molecule has 14 nitrogen and oxygen atoms in total. The molecule has 1 N–H and O–H groups in total. The molecule has 2 fully saturated rings. The first kappa shape index (κ1) is 55.9. The van der Waals surface area contributed by atoms with Gasteiger partial charge in [0, 0.05) is 96.0 Å². The number of hydrogen-bond donors (Lipinski definition) is 1. The van der Waals surface area contributed by atoms with Gasteiger partial charge in [-0.25, -0.2) is 18.4 Å². The molecule has 24 heteroatoms. The number of ketones is 1. The number of alkyl halides is 6. The fourth-order valence-corrected chi connectivity index (χ4v) is 8.06. The van der Waals surface area contributed by atoms with Gasteiger partial charge in [0.05, 0.1) is 19.6 Å². The summed E-state index contributed by atoms with van der Waals surface area (Å²) in [5, 5.41) is 8.70. The number of aryl methyl sites for hydroxylation is 2. The number of Topliss-reactive ketones (excluding diaryl/α,β-unsaturated/α-hetero) is 1. The SMILES string of the molecule is CCN1CCN(C(=O)N(Cc2ccc(-c3nnc(C(F)(F)F)o3)cc2F)c2ccc(C)c(Cl)c2)CC1.CCN1CCN(C(=O)N(Cc2ccc(C(=O)CNC(=O)C(F)(F)F)cc2F)c2ccc(C)c(Cl)c2)CC1. The van der Waals surface area contributed by atoms with Crippen molar-refractivity contribution in [3.05, 3.63) is 128 Å². The van der Waals surface area contributed by atoms with Crippen molar-refractivity contribution in [3.63, 3.8) is 0 Å². The van der Waals surface area contributed by atoms with E-state index in [-0.39, 0.29) is 47.4 Å². The van der Waals surface area contributed by atoms with Gasteiger partial charge < -0.3 is 29.3 Å². The first-order chi connectivity index (χ1) is 34.5. The molecular weight excluding hydrogens is 1020 g/mol. The molecule has 0 saturated carbocycles. The normalized spacial score (nSPS) is 14.6. The van der Waals surface area contributed by atoms with E-state index >= 15 is 8.78 Å². The highest BCUT2D eigenvalue weighted by molar-refractivity contribution is 6.32. The van der Waals surface area contributed by atoms with Gasteiger partial charge in [-0.05, 0) is 80.5 Å². The Hall–Kier alpha value is -6.36. The van der Waals surface area contributed by atoms with Crippen LogP contribution in [0.2, 0.25) is 10.0 Å². The molecule has 5 aromatic rings. The third-order valence-electron chi connectivity index (χ3n) is 12.2. The van der Waals surface area contributed by atoms with E-state index in [1.54, 1.807) is 46.2 Å². The van der Waals surface area contributed by atoms with Crippen LogP contribution in [0.3, 0.4) is 0 Å². The number of hydrogen-bond acceptors (Lipinski definition) is 9. The number of piperazine rings is 2. The van der Waals surface area contributed by atoms with Gasteiger partial charge in [-0.3, -0.25) is 19.4 Å². The van der Waals surface area contributed by atoms with Crippen molar-refractivity contribution in [2.45, 2.75) is 53.1 Å².